The molecule has 45 heavy (non-hydrogen) atoms. The molecule has 228 valence electrons. The van der Waals surface area contributed by atoms with Gasteiger partial charge in [-0.3, -0.25) is 9.69 Å². The van der Waals surface area contributed by atoms with E-state index in [1.807, 2.05) is 66.0 Å². The quantitative estimate of drug-likeness (QED) is 0.173. The predicted molar refractivity (Wildman–Crippen MR) is 169 cm³/mol. The van der Waals surface area contributed by atoms with E-state index in [-0.39, 0.29) is 19.5 Å². The second-order valence-corrected chi connectivity index (χ2v) is 11.7. The Labute approximate surface area is 264 Å². The molecule has 4 aromatic carbocycles. The maximum atomic E-state index is 12.9. The van der Waals surface area contributed by atoms with Gasteiger partial charge in [0.1, 0.15) is 23.1 Å². The highest BCUT2D eigenvalue weighted by atomic mass is 32.1. The highest BCUT2D eigenvalue weighted by Gasteiger charge is 2.18. The summed E-state index contributed by atoms with van der Waals surface area (Å²) in [7, 11) is 0. The number of rotatable bonds is 12. The first-order chi connectivity index (χ1) is 22.1. The second kappa shape index (κ2) is 13.3. The Hall–Kier alpha value is -5.06. The van der Waals surface area contributed by atoms with Gasteiger partial charge < -0.3 is 29.0 Å². The fourth-order valence-corrected chi connectivity index (χ4v) is 5.97. The van der Waals surface area contributed by atoms with Crippen LogP contribution in [0.15, 0.2) is 96.4 Å². The predicted octanol–water partition coefficient (Wildman–Crippen LogP) is 6.31. The summed E-state index contributed by atoms with van der Waals surface area (Å²) >= 11 is 1.48. The van der Waals surface area contributed by atoms with E-state index in [1.54, 1.807) is 0 Å². The van der Waals surface area contributed by atoms with Crippen LogP contribution >= 0.6 is 11.3 Å². The van der Waals surface area contributed by atoms with Gasteiger partial charge in [-0.25, -0.2) is 4.98 Å². The minimum absolute atomic E-state index is 0.215. The molecule has 0 spiro atoms. The van der Waals surface area contributed by atoms with Crippen LogP contribution in [-0.2, 0) is 32.8 Å². The second-order valence-electron chi connectivity index (χ2n) is 10.7. The molecule has 1 N–H and O–H groups in total. The Morgan fingerprint density at radius 1 is 0.733 bits per heavy atom. The molecule has 2 aliphatic rings. The first-order valence-corrected chi connectivity index (χ1v) is 15.5. The van der Waals surface area contributed by atoms with Crippen LogP contribution in [0, 0.1) is 0 Å². The van der Waals surface area contributed by atoms with Gasteiger partial charge in [-0.1, -0.05) is 54.6 Å². The summed E-state index contributed by atoms with van der Waals surface area (Å²) in [6.07, 6.45) is 0. The fourth-order valence-electron chi connectivity index (χ4n) is 5.16. The summed E-state index contributed by atoms with van der Waals surface area (Å²) in [5.74, 6) is 3.52. The van der Waals surface area contributed by atoms with Crippen molar-refractivity contribution in [2.24, 2.45) is 0 Å². The molecular weight excluding hydrogens is 590 g/mol. The number of benzene rings is 4. The van der Waals surface area contributed by atoms with Gasteiger partial charge in [0.15, 0.2) is 23.0 Å². The van der Waals surface area contributed by atoms with E-state index in [2.05, 4.69) is 45.5 Å². The van der Waals surface area contributed by atoms with Crippen LogP contribution in [0.5, 0.6) is 28.7 Å². The minimum atomic E-state index is -0.219. The zero-order valence-electron chi connectivity index (χ0n) is 24.4. The number of fused-ring (bicyclic) bond motifs is 2. The van der Waals surface area contributed by atoms with Crippen LogP contribution in [0.1, 0.15) is 37.7 Å². The van der Waals surface area contributed by atoms with Gasteiger partial charge in [-0.05, 0) is 58.7 Å². The van der Waals surface area contributed by atoms with Crippen molar-refractivity contribution in [1.29, 1.82) is 0 Å². The van der Waals surface area contributed by atoms with E-state index < -0.39 is 0 Å². The minimum Gasteiger partial charge on any atom is -0.489 e. The average Bonchev–Trinajstić information content (AvgIpc) is 3.85. The molecule has 0 radical (unpaired) electrons. The third-order valence-corrected chi connectivity index (χ3v) is 8.29. The van der Waals surface area contributed by atoms with Gasteiger partial charge in [-0.15, -0.1) is 11.3 Å². The van der Waals surface area contributed by atoms with Gasteiger partial charge in [0.2, 0.25) is 13.6 Å². The molecule has 0 bridgehead atoms. The summed E-state index contributed by atoms with van der Waals surface area (Å²) in [6, 6.07) is 30.0. The number of thiazole rings is 1. The number of hydrogen-bond acceptors (Lipinski definition) is 9. The Morgan fingerprint density at radius 3 is 2.13 bits per heavy atom. The van der Waals surface area contributed by atoms with Gasteiger partial charge in [-0.2, -0.15) is 0 Å². The molecule has 0 saturated carbocycles. The van der Waals surface area contributed by atoms with Gasteiger partial charge >= 0.3 is 0 Å². The van der Waals surface area contributed by atoms with Crippen molar-refractivity contribution in [3.8, 4) is 28.7 Å². The Bertz CT molecular complexity index is 1780. The summed E-state index contributed by atoms with van der Waals surface area (Å²) in [5, 5.41) is 5.62. The molecular formula is C35H31N3O6S. The van der Waals surface area contributed by atoms with Crippen LogP contribution in [0.25, 0.3) is 0 Å². The summed E-state index contributed by atoms with van der Waals surface area (Å²) in [5.41, 5.74) is 4.69. The van der Waals surface area contributed by atoms with Crippen LogP contribution in [0.3, 0.4) is 0 Å². The van der Waals surface area contributed by atoms with Crippen molar-refractivity contribution >= 4 is 17.2 Å². The summed E-state index contributed by atoms with van der Waals surface area (Å²) < 4.78 is 27.9. The molecule has 0 atom stereocenters. The van der Waals surface area contributed by atoms with Crippen molar-refractivity contribution in [3.05, 3.63) is 129 Å². The number of aromatic nitrogens is 1. The first kappa shape index (κ1) is 28.7. The molecule has 1 amide bonds. The number of hydrogen-bond donors (Lipinski definition) is 1. The molecule has 0 aliphatic carbocycles. The number of carbonyl (C=O) groups is 1. The van der Waals surface area contributed by atoms with Crippen LogP contribution < -0.4 is 29.0 Å². The lowest BCUT2D eigenvalue weighted by atomic mass is 10.1. The zero-order chi connectivity index (χ0) is 30.4. The molecule has 5 aromatic rings. The van der Waals surface area contributed by atoms with E-state index in [0.717, 1.165) is 44.5 Å². The largest absolute Gasteiger partial charge is 0.489 e. The number of nitrogens with zero attached hydrogens (tertiary/aromatic N) is 2. The first-order valence-electron chi connectivity index (χ1n) is 14.6. The lowest BCUT2D eigenvalue weighted by Crippen LogP contribution is -2.24. The topological polar surface area (TPSA) is 91.4 Å². The van der Waals surface area contributed by atoms with Gasteiger partial charge in [0, 0.05) is 25.0 Å². The van der Waals surface area contributed by atoms with Gasteiger partial charge in [0.05, 0.1) is 6.54 Å². The van der Waals surface area contributed by atoms with Crippen molar-refractivity contribution in [1.82, 2.24) is 15.2 Å². The highest BCUT2D eigenvalue weighted by Crippen LogP contribution is 2.34. The molecule has 0 saturated heterocycles. The fraction of sp³-hybridized carbons (Fsp3) is 0.200. The van der Waals surface area contributed by atoms with Gasteiger partial charge in [0.25, 0.3) is 5.91 Å². The number of amides is 1. The Morgan fingerprint density at radius 2 is 1.38 bits per heavy atom. The lowest BCUT2D eigenvalue weighted by molar-refractivity contribution is 0.0946. The number of nitrogens with one attached hydrogen (secondary N) is 1. The van der Waals surface area contributed by atoms with E-state index in [4.69, 9.17) is 23.7 Å². The van der Waals surface area contributed by atoms with Crippen molar-refractivity contribution in [3.63, 3.8) is 0 Å². The standard InChI is InChI=1S/C35H31N3O6S/c39-35(36-16-26-8-12-30-32(14-26)43-22-41-30)29-21-45-34(37-29)19-38(18-27-9-13-31-33(15-27)44-23-42-31)17-24-6-10-28(11-7-24)40-20-25-4-2-1-3-5-25/h1-15,21H,16-20,22-23H2,(H,36,39). The lowest BCUT2D eigenvalue weighted by Gasteiger charge is -2.22. The normalized spacial score (nSPS) is 12.8. The molecule has 9 nitrogen and oxygen atoms in total. The molecule has 10 heteroatoms. The Kier molecular flexibility index (Phi) is 8.48. The summed E-state index contributed by atoms with van der Waals surface area (Å²) in [6.45, 7) is 3.25. The van der Waals surface area contributed by atoms with Crippen molar-refractivity contribution < 1.29 is 28.5 Å². The third-order valence-electron chi connectivity index (χ3n) is 7.45. The molecule has 2 aliphatic heterocycles. The van der Waals surface area contributed by atoms with Crippen LogP contribution in [0.2, 0.25) is 0 Å². The van der Waals surface area contributed by atoms with E-state index in [0.29, 0.717) is 50.0 Å². The van der Waals surface area contributed by atoms with E-state index in [9.17, 15) is 4.79 Å². The zero-order valence-corrected chi connectivity index (χ0v) is 25.3. The maximum absolute atomic E-state index is 12.9. The average molecular weight is 622 g/mol. The smallest absolute Gasteiger partial charge is 0.271 e. The van der Waals surface area contributed by atoms with Crippen LogP contribution in [0.4, 0.5) is 0 Å². The molecule has 7 rings (SSSR count). The molecule has 0 fully saturated rings. The molecule has 0 unspecified atom stereocenters. The Balaban J connectivity index is 1.01. The third kappa shape index (κ3) is 7.19. The monoisotopic (exact) mass is 621 g/mol. The van der Waals surface area contributed by atoms with Crippen LogP contribution in [-0.4, -0.2) is 29.4 Å². The maximum Gasteiger partial charge on any atom is 0.271 e. The van der Waals surface area contributed by atoms with E-state index in [1.165, 1.54) is 11.3 Å². The van der Waals surface area contributed by atoms with E-state index >= 15 is 0 Å². The van der Waals surface area contributed by atoms with Crippen molar-refractivity contribution in [2.75, 3.05) is 13.6 Å². The number of carbonyl (C=O) groups excluding carboxylic acids is 1. The number of ether oxygens (including phenoxy) is 5. The van der Waals surface area contributed by atoms with Crippen molar-refractivity contribution in [2.45, 2.75) is 32.8 Å². The SMILES string of the molecule is O=C(NCc1ccc2c(c1)OCO2)c1csc(CN(Cc2ccc(OCc3ccccc3)cc2)Cc2ccc3c(c2)OCO3)n1. The molecule has 3 heterocycles. The highest BCUT2D eigenvalue weighted by molar-refractivity contribution is 7.09. The summed E-state index contributed by atoms with van der Waals surface area (Å²) in [4.78, 5) is 19.9. The molecule has 1 aromatic heterocycles.